The monoisotopic (exact) mass is 278 g/mol. The van der Waals surface area contributed by atoms with Crippen molar-refractivity contribution < 1.29 is 23.9 Å². The van der Waals surface area contributed by atoms with Gasteiger partial charge in [-0.2, -0.15) is 0 Å². The maximum absolute atomic E-state index is 11.9. The normalized spacial score (nSPS) is 9.90. The maximum Gasteiger partial charge on any atom is 0.308 e. The Balaban J connectivity index is 2.39. The third-order valence-corrected chi connectivity index (χ3v) is 2.70. The molecule has 0 amide bonds. The summed E-state index contributed by atoms with van der Waals surface area (Å²) in [4.78, 5) is 33.5. The number of Topliss-reactive ketones (excluding diaryl/α,β-unsaturated/α-hetero) is 1. The predicted octanol–water partition coefficient (Wildman–Crippen LogP) is 2.53. The summed E-state index contributed by atoms with van der Waals surface area (Å²) in [6, 6.07) is 6.42. The van der Waals surface area contributed by atoms with Gasteiger partial charge in [-0.15, -0.1) is 0 Å². The van der Waals surface area contributed by atoms with Gasteiger partial charge in [0.25, 0.3) is 0 Å². The maximum atomic E-state index is 11.9. The molecule has 20 heavy (non-hydrogen) atoms. The number of rotatable bonds is 7. The minimum atomic E-state index is -0.396. The number of esters is 2. The van der Waals surface area contributed by atoms with Gasteiger partial charge in [-0.25, -0.2) is 0 Å². The second-order valence-electron chi connectivity index (χ2n) is 4.32. The first kappa shape index (κ1) is 15.9. The molecule has 1 aromatic carbocycles. The van der Waals surface area contributed by atoms with Crippen LogP contribution in [0.3, 0.4) is 0 Å². The Labute approximate surface area is 117 Å². The molecule has 0 aliphatic carbocycles. The summed E-state index contributed by atoms with van der Waals surface area (Å²) in [6.07, 6.45) is 1.97. The third kappa shape index (κ3) is 5.65. The van der Waals surface area contributed by atoms with Crippen LogP contribution in [0.25, 0.3) is 0 Å². The van der Waals surface area contributed by atoms with E-state index in [4.69, 9.17) is 4.74 Å². The Kier molecular flexibility index (Phi) is 6.43. The van der Waals surface area contributed by atoms with Crippen LogP contribution in [0.2, 0.25) is 0 Å². The summed E-state index contributed by atoms with van der Waals surface area (Å²) in [5.41, 5.74) is 0.568. The Morgan fingerprint density at radius 1 is 1.00 bits per heavy atom. The van der Waals surface area contributed by atoms with Crippen molar-refractivity contribution in [3.05, 3.63) is 29.8 Å². The number of carbonyl (C=O) groups excluding carboxylic acids is 3. The van der Waals surface area contributed by atoms with Crippen LogP contribution >= 0.6 is 0 Å². The summed E-state index contributed by atoms with van der Waals surface area (Å²) in [6.45, 7) is 1.32. The molecule has 5 nitrogen and oxygen atoms in total. The number of carbonyl (C=O) groups is 3. The first-order chi connectivity index (χ1) is 9.52. The van der Waals surface area contributed by atoms with Gasteiger partial charge in [-0.05, 0) is 37.1 Å². The summed E-state index contributed by atoms with van der Waals surface area (Å²) in [7, 11) is 1.35. The van der Waals surface area contributed by atoms with Gasteiger partial charge in [-0.1, -0.05) is 0 Å². The van der Waals surface area contributed by atoms with Gasteiger partial charge in [0.15, 0.2) is 5.78 Å². The standard InChI is InChI=1S/C15H18O5/c1-11(16)20-13-9-7-12(8-10-13)14(17)5-3-4-6-15(18)19-2/h7-10H,3-6H2,1-2H3. The molecule has 0 fully saturated rings. The second kappa shape index (κ2) is 8.09. The van der Waals surface area contributed by atoms with Gasteiger partial charge < -0.3 is 9.47 Å². The van der Waals surface area contributed by atoms with E-state index in [1.807, 2.05) is 0 Å². The van der Waals surface area contributed by atoms with E-state index >= 15 is 0 Å². The average molecular weight is 278 g/mol. The third-order valence-electron chi connectivity index (χ3n) is 2.70. The Bertz CT molecular complexity index is 476. The lowest BCUT2D eigenvalue weighted by atomic mass is 10.0. The summed E-state index contributed by atoms with van der Waals surface area (Å²) >= 11 is 0. The second-order valence-corrected chi connectivity index (χ2v) is 4.32. The molecule has 0 spiro atoms. The zero-order chi connectivity index (χ0) is 15.0. The van der Waals surface area contributed by atoms with Crippen molar-refractivity contribution in [2.45, 2.75) is 32.6 Å². The molecule has 0 aliphatic rings. The first-order valence-electron chi connectivity index (χ1n) is 6.41. The zero-order valence-corrected chi connectivity index (χ0v) is 11.7. The number of hydrogen-bond donors (Lipinski definition) is 0. The van der Waals surface area contributed by atoms with Crippen molar-refractivity contribution in [2.75, 3.05) is 7.11 Å². The fourth-order valence-corrected chi connectivity index (χ4v) is 1.68. The highest BCUT2D eigenvalue weighted by atomic mass is 16.5. The largest absolute Gasteiger partial charge is 0.469 e. The number of ether oxygens (including phenoxy) is 2. The summed E-state index contributed by atoms with van der Waals surface area (Å²) in [5, 5.41) is 0. The molecule has 1 aromatic rings. The van der Waals surface area contributed by atoms with Gasteiger partial charge in [-0.3, -0.25) is 14.4 Å². The average Bonchev–Trinajstić information content (AvgIpc) is 2.43. The van der Waals surface area contributed by atoms with Gasteiger partial charge >= 0.3 is 11.9 Å². The Hall–Kier alpha value is -2.17. The zero-order valence-electron chi connectivity index (χ0n) is 11.7. The Morgan fingerprint density at radius 3 is 2.15 bits per heavy atom. The highest BCUT2D eigenvalue weighted by molar-refractivity contribution is 5.96. The van der Waals surface area contributed by atoms with Crippen LogP contribution < -0.4 is 4.74 Å². The molecule has 0 radical (unpaired) electrons. The van der Waals surface area contributed by atoms with E-state index in [0.717, 1.165) is 0 Å². The summed E-state index contributed by atoms with van der Waals surface area (Å²) < 4.78 is 9.41. The van der Waals surface area contributed by atoms with Crippen molar-refractivity contribution in [3.8, 4) is 5.75 Å². The van der Waals surface area contributed by atoms with Gasteiger partial charge in [0, 0.05) is 25.3 Å². The first-order valence-corrected chi connectivity index (χ1v) is 6.41. The molecule has 0 atom stereocenters. The van der Waals surface area contributed by atoms with E-state index in [9.17, 15) is 14.4 Å². The van der Waals surface area contributed by atoms with E-state index in [1.165, 1.54) is 14.0 Å². The molecule has 0 bridgehead atoms. The molecule has 0 N–H and O–H groups in total. The Morgan fingerprint density at radius 2 is 1.60 bits per heavy atom. The number of methoxy groups -OCH3 is 1. The van der Waals surface area contributed by atoms with Crippen molar-refractivity contribution in [1.82, 2.24) is 0 Å². The minimum Gasteiger partial charge on any atom is -0.469 e. The van der Waals surface area contributed by atoms with E-state index in [2.05, 4.69) is 4.74 Å². The molecule has 1 rings (SSSR count). The highest BCUT2D eigenvalue weighted by Crippen LogP contribution is 2.15. The predicted molar refractivity (Wildman–Crippen MR) is 72.6 cm³/mol. The van der Waals surface area contributed by atoms with Crippen LogP contribution in [-0.2, 0) is 14.3 Å². The van der Waals surface area contributed by atoms with Crippen molar-refractivity contribution in [2.24, 2.45) is 0 Å². The lowest BCUT2D eigenvalue weighted by Crippen LogP contribution is -2.03. The molecule has 0 heterocycles. The molecule has 0 unspecified atom stereocenters. The lowest BCUT2D eigenvalue weighted by Gasteiger charge is -2.04. The molecule has 0 saturated heterocycles. The van der Waals surface area contributed by atoms with E-state index in [-0.39, 0.29) is 11.8 Å². The van der Waals surface area contributed by atoms with Gasteiger partial charge in [0.2, 0.25) is 0 Å². The van der Waals surface area contributed by atoms with Crippen molar-refractivity contribution in [1.29, 1.82) is 0 Å². The number of benzene rings is 1. The van der Waals surface area contributed by atoms with Gasteiger partial charge in [0.05, 0.1) is 7.11 Å². The SMILES string of the molecule is COC(=O)CCCCC(=O)c1ccc(OC(C)=O)cc1. The van der Waals surface area contributed by atoms with E-state index < -0.39 is 5.97 Å². The molecule has 5 heteroatoms. The van der Waals surface area contributed by atoms with Crippen LogP contribution in [0.1, 0.15) is 43.0 Å². The molecule has 0 aliphatic heterocycles. The van der Waals surface area contributed by atoms with Crippen LogP contribution in [0.5, 0.6) is 5.75 Å². The molecular weight excluding hydrogens is 260 g/mol. The number of hydrogen-bond acceptors (Lipinski definition) is 5. The summed E-state index contributed by atoms with van der Waals surface area (Å²) in [5.74, 6) is -0.237. The number of unbranched alkanes of at least 4 members (excludes halogenated alkanes) is 1. The van der Waals surface area contributed by atoms with E-state index in [1.54, 1.807) is 24.3 Å². The van der Waals surface area contributed by atoms with Crippen LogP contribution in [0, 0.1) is 0 Å². The fraction of sp³-hybridized carbons (Fsp3) is 0.400. The van der Waals surface area contributed by atoms with Crippen molar-refractivity contribution >= 4 is 17.7 Å². The fourth-order valence-electron chi connectivity index (χ4n) is 1.68. The smallest absolute Gasteiger partial charge is 0.308 e. The minimum absolute atomic E-state index is 0.00393. The molecular formula is C15H18O5. The van der Waals surface area contributed by atoms with Crippen molar-refractivity contribution in [3.63, 3.8) is 0 Å². The van der Waals surface area contributed by atoms with Crippen LogP contribution in [0.4, 0.5) is 0 Å². The van der Waals surface area contributed by atoms with Crippen LogP contribution in [0.15, 0.2) is 24.3 Å². The molecule has 0 aromatic heterocycles. The molecule has 108 valence electrons. The van der Waals surface area contributed by atoms with Gasteiger partial charge in [0.1, 0.15) is 5.75 Å². The lowest BCUT2D eigenvalue weighted by molar-refractivity contribution is -0.140. The quantitative estimate of drug-likeness (QED) is 0.332. The highest BCUT2D eigenvalue weighted by Gasteiger charge is 2.07. The number of ketones is 1. The topological polar surface area (TPSA) is 69.7 Å². The van der Waals surface area contributed by atoms with Crippen LogP contribution in [-0.4, -0.2) is 24.8 Å². The van der Waals surface area contributed by atoms with E-state index in [0.29, 0.717) is 37.0 Å². The molecule has 0 saturated carbocycles.